The zero-order chi connectivity index (χ0) is 47.4. The highest BCUT2D eigenvalue weighted by Gasteiger charge is 2.59. The smallest absolute Gasteiger partial charge is 0.258 e. The fraction of sp³-hybridized carbons (Fsp3) is 0.423. The molecule has 4 aliphatic heterocycles. The molecule has 0 bridgehead atoms. The SMILES string of the molecule is CC[C@H]1[C@@H]2c3c(c4ccccc4n(C)c3=O)OC(C)(C)[C@H]2CN1S(=O)(=O)c1ccc(C)cc1.CC[C@H]1[C@@H]2c3c(c4ccccc4n(C)c3=O)OC(C)(C)[C@H]2CN1S(=O)(=O)c1ccc(C)cc1. The molecule has 4 aliphatic rings. The van der Waals surface area contributed by atoms with Crippen molar-refractivity contribution in [1.82, 2.24) is 17.7 Å². The molecule has 348 valence electrons. The van der Waals surface area contributed by atoms with Crippen LogP contribution in [0.1, 0.15) is 88.5 Å². The number of pyridine rings is 2. The van der Waals surface area contributed by atoms with Crippen molar-refractivity contribution < 1.29 is 26.3 Å². The van der Waals surface area contributed by atoms with Gasteiger partial charge < -0.3 is 18.6 Å². The molecule has 2 saturated heterocycles. The van der Waals surface area contributed by atoms with Gasteiger partial charge in [0, 0.05) is 73.7 Å². The third-order valence-electron chi connectivity index (χ3n) is 15.0. The number of aryl methyl sites for hydroxylation is 4. The van der Waals surface area contributed by atoms with Gasteiger partial charge in [0.25, 0.3) is 11.1 Å². The molecular weight excluding hydrogens is 873 g/mol. The average molecular weight is 933 g/mol. The van der Waals surface area contributed by atoms with Crippen LogP contribution >= 0.6 is 0 Å². The van der Waals surface area contributed by atoms with Crippen molar-refractivity contribution in [3.63, 3.8) is 0 Å². The summed E-state index contributed by atoms with van der Waals surface area (Å²) in [6, 6.07) is 28.8. The highest BCUT2D eigenvalue weighted by molar-refractivity contribution is 7.89. The Morgan fingerprint density at radius 3 is 1.21 bits per heavy atom. The van der Waals surface area contributed by atoms with Gasteiger partial charge in [0.1, 0.15) is 22.7 Å². The minimum Gasteiger partial charge on any atom is -0.486 e. The number of rotatable bonds is 6. The fourth-order valence-corrected chi connectivity index (χ4v) is 15.0. The number of fused-ring (bicyclic) bond motifs is 10. The number of sulfonamides is 2. The quantitative estimate of drug-likeness (QED) is 0.163. The second-order valence-corrected chi connectivity index (χ2v) is 23.4. The predicted octanol–water partition coefficient (Wildman–Crippen LogP) is 8.40. The van der Waals surface area contributed by atoms with Gasteiger partial charge in [0.15, 0.2) is 0 Å². The van der Waals surface area contributed by atoms with E-state index in [2.05, 4.69) is 0 Å². The molecule has 0 radical (unpaired) electrons. The molecule has 14 heteroatoms. The fourth-order valence-electron chi connectivity index (χ4n) is 11.5. The van der Waals surface area contributed by atoms with Crippen molar-refractivity contribution in [3.05, 3.63) is 140 Å². The summed E-state index contributed by atoms with van der Waals surface area (Å²) in [6.45, 7) is 16.5. The third kappa shape index (κ3) is 7.04. The van der Waals surface area contributed by atoms with Crippen molar-refractivity contribution >= 4 is 41.9 Å². The van der Waals surface area contributed by atoms with E-state index in [9.17, 15) is 26.4 Å². The Hall–Kier alpha value is -5.28. The highest BCUT2D eigenvalue weighted by atomic mass is 32.2. The van der Waals surface area contributed by atoms with Gasteiger partial charge >= 0.3 is 0 Å². The van der Waals surface area contributed by atoms with Gasteiger partial charge in [0.05, 0.1) is 32.0 Å². The number of hydrogen-bond acceptors (Lipinski definition) is 8. The average Bonchev–Trinajstić information content (AvgIpc) is 3.90. The van der Waals surface area contributed by atoms with E-state index < -0.39 is 31.2 Å². The molecule has 6 aromatic rings. The lowest BCUT2D eigenvalue weighted by Crippen LogP contribution is -2.47. The maximum Gasteiger partial charge on any atom is 0.258 e. The van der Waals surface area contributed by atoms with Gasteiger partial charge in [-0.15, -0.1) is 0 Å². The van der Waals surface area contributed by atoms with Gasteiger partial charge in [-0.1, -0.05) is 73.5 Å². The first-order valence-electron chi connectivity index (χ1n) is 22.9. The number of ether oxygens (including phenoxy) is 2. The Balaban J connectivity index is 0.000000166. The minimum absolute atomic E-state index is 0.109. The van der Waals surface area contributed by atoms with Crippen molar-refractivity contribution in [1.29, 1.82) is 0 Å². The van der Waals surface area contributed by atoms with E-state index in [-0.39, 0.29) is 56.7 Å². The van der Waals surface area contributed by atoms with E-state index in [0.29, 0.717) is 48.6 Å². The van der Waals surface area contributed by atoms with Gasteiger partial charge in [0.2, 0.25) is 20.0 Å². The summed E-state index contributed by atoms with van der Waals surface area (Å²) in [6.07, 6.45) is 1.22. The van der Waals surface area contributed by atoms with Crippen LogP contribution in [0.4, 0.5) is 0 Å². The molecule has 0 amide bonds. The summed E-state index contributed by atoms with van der Waals surface area (Å²) in [5.41, 5.74) is 3.38. The highest BCUT2D eigenvalue weighted by Crippen LogP contribution is 2.55. The molecule has 10 rings (SSSR count). The lowest BCUT2D eigenvalue weighted by molar-refractivity contribution is 0.0242. The van der Waals surface area contributed by atoms with Gasteiger partial charge in [-0.3, -0.25) is 9.59 Å². The largest absolute Gasteiger partial charge is 0.486 e. The lowest BCUT2D eigenvalue weighted by atomic mass is 9.73. The van der Waals surface area contributed by atoms with Crippen molar-refractivity contribution in [2.45, 2.75) is 113 Å². The van der Waals surface area contributed by atoms with Crippen molar-refractivity contribution in [2.75, 3.05) is 13.1 Å². The normalized spacial score (nSPS) is 24.3. The maximum atomic E-state index is 13.7. The number of hydrogen-bond donors (Lipinski definition) is 0. The number of nitrogens with zero attached hydrogens (tertiary/aromatic N) is 4. The monoisotopic (exact) mass is 932 g/mol. The van der Waals surface area contributed by atoms with Crippen molar-refractivity contribution in [3.8, 4) is 11.5 Å². The molecule has 4 aromatic carbocycles. The third-order valence-corrected chi connectivity index (χ3v) is 18.9. The van der Waals surface area contributed by atoms with Crippen LogP contribution in [-0.2, 0) is 34.1 Å². The van der Waals surface area contributed by atoms with Gasteiger partial charge in [-0.05, 0) is 103 Å². The van der Waals surface area contributed by atoms with Crippen molar-refractivity contribution in [2.24, 2.45) is 25.9 Å². The Kier molecular flexibility index (Phi) is 11.3. The van der Waals surface area contributed by atoms with E-state index in [1.165, 1.54) is 0 Å². The Morgan fingerprint density at radius 2 is 0.879 bits per heavy atom. The molecule has 6 atom stereocenters. The molecule has 0 spiro atoms. The Morgan fingerprint density at radius 1 is 0.545 bits per heavy atom. The van der Waals surface area contributed by atoms with E-state index in [0.717, 1.165) is 32.9 Å². The summed E-state index contributed by atoms with van der Waals surface area (Å²) >= 11 is 0. The number of benzene rings is 4. The zero-order valence-corrected chi connectivity index (χ0v) is 41.0. The van der Waals surface area contributed by atoms with Crippen LogP contribution in [-0.4, -0.2) is 71.0 Å². The van der Waals surface area contributed by atoms with Crippen LogP contribution < -0.4 is 20.6 Å². The van der Waals surface area contributed by atoms with Crippen LogP contribution in [0.25, 0.3) is 21.8 Å². The lowest BCUT2D eigenvalue weighted by Gasteiger charge is -2.42. The Labute approximate surface area is 387 Å². The number of aromatic nitrogens is 2. The summed E-state index contributed by atoms with van der Waals surface area (Å²) in [7, 11) is -3.90. The first-order chi connectivity index (χ1) is 31.1. The van der Waals surface area contributed by atoms with E-state index >= 15 is 0 Å². The molecule has 0 N–H and O–H groups in total. The van der Waals surface area contributed by atoms with Gasteiger partial charge in [-0.2, -0.15) is 8.61 Å². The van der Waals surface area contributed by atoms with Crippen LogP contribution in [0.15, 0.2) is 116 Å². The molecule has 0 saturated carbocycles. The topological polar surface area (TPSA) is 137 Å². The molecule has 6 heterocycles. The van der Waals surface area contributed by atoms with Crippen LogP contribution in [0.5, 0.6) is 11.5 Å². The molecule has 0 aliphatic carbocycles. The van der Waals surface area contributed by atoms with Crippen LogP contribution in [0, 0.1) is 25.7 Å². The maximum absolute atomic E-state index is 13.7. The molecular formula is C52H60N4O8S2. The van der Waals surface area contributed by atoms with E-state index in [1.54, 1.807) is 56.1 Å². The standard InChI is InChI=1S/2C26H30N2O4S/c2*1-6-20-22-19(15-28(20)33(30,31)17-13-11-16(2)12-14-17)26(3,4)32-24-18-9-7-8-10-21(18)27(5)25(29)23(22)24/h2*7-14,19-20,22H,6,15H2,1-5H3/t2*19-,20-,22+/m00/s1. The van der Waals surface area contributed by atoms with Crippen LogP contribution in [0.3, 0.4) is 0 Å². The second kappa shape index (κ2) is 16.2. The zero-order valence-electron chi connectivity index (χ0n) is 39.4. The molecule has 12 nitrogen and oxygen atoms in total. The summed E-state index contributed by atoms with van der Waals surface area (Å²) in [5.74, 6) is 0.462. The Bertz CT molecular complexity index is 3030. The second-order valence-electron chi connectivity index (χ2n) is 19.7. The first kappa shape index (κ1) is 45.9. The summed E-state index contributed by atoms with van der Waals surface area (Å²) in [4.78, 5) is 27.8. The number of para-hydroxylation sites is 2. The summed E-state index contributed by atoms with van der Waals surface area (Å²) < 4.78 is 74.6. The molecule has 2 fully saturated rings. The van der Waals surface area contributed by atoms with E-state index in [1.807, 2.05) is 128 Å². The molecule has 2 aromatic heterocycles. The van der Waals surface area contributed by atoms with Gasteiger partial charge in [-0.25, -0.2) is 16.8 Å². The molecule has 0 unspecified atom stereocenters. The van der Waals surface area contributed by atoms with Crippen LogP contribution in [0.2, 0.25) is 0 Å². The first-order valence-corrected chi connectivity index (χ1v) is 25.8. The molecule has 66 heavy (non-hydrogen) atoms. The predicted molar refractivity (Wildman–Crippen MR) is 259 cm³/mol. The minimum atomic E-state index is -3.72. The van der Waals surface area contributed by atoms with E-state index in [4.69, 9.17) is 9.47 Å². The summed E-state index contributed by atoms with van der Waals surface area (Å²) in [5, 5.41) is 1.77.